The lowest BCUT2D eigenvalue weighted by molar-refractivity contribution is 0.411. The molecular weight excluding hydrogens is 284 g/mol. The standard InChI is InChI=1S/C12H7ClF4N2/c1-5-2-3-6(13)7(4-5)18-10-8(14)11(16)19-12(17)9(10)15/h2-4H,1H3,(H,18,19). The zero-order chi connectivity index (χ0) is 14.2. The molecule has 2 nitrogen and oxygen atoms in total. The Morgan fingerprint density at radius 2 is 1.63 bits per heavy atom. The minimum Gasteiger partial charge on any atom is -0.349 e. The van der Waals surface area contributed by atoms with Gasteiger partial charge in [-0.3, -0.25) is 0 Å². The molecule has 0 saturated carbocycles. The Labute approximate surface area is 111 Å². The molecule has 0 amide bonds. The summed E-state index contributed by atoms with van der Waals surface area (Å²) in [7, 11) is 0. The predicted octanol–water partition coefficient (Wildman–Crippen LogP) is 4.34. The van der Waals surface area contributed by atoms with E-state index in [4.69, 9.17) is 11.6 Å². The highest BCUT2D eigenvalue weighted by molar-refractivity contribution is 6.33. The molecular formula is C12H7ClF4N2. The van der Waals surface area contributed by atoms with E-state index in [0.717, 1.165) is 5.56 Å². The summed E-state index contributed by atoms with van der Waals surface area (Å²) in [5.74, 6) is -6.69. The zero-order valence-corrected chi connectivity index (χ0v) is 10.3. The van der Waals surface area contributed by atoms with Crippen LogP contribution in [-0.2, 0) is 0 Å². The Bertz CT molecular complexity index is 620. The van der Waals surface area contributed by atoms with Crippen LogP contribution in [0.4, 0.5) is 28.9 Å². The predicted molar refractivity (Wildman–Crippen MR) is 63.5 cm³/mol. The van der Waals surface area contributed by atoms with E-state index in [0.29, 0.717) is 0 Å². The molecule has 0 atom stereocenters. The molecule has 7 heteroatoms. The lowest BCUT2D eigenvalue weighted by Gasteiger charge is -2.11. The van der Waals surface area contributed by atoms with Crippen molar-refractivity contribution in [3.63, 3.8) is 0 Å². The third-order valence-corrected chi connectivity index (χ3v) is 2.71. The van der Waals surface area contributed by atoms with Crippen molar-refractivity contribution in [1.82, 2.24) is 4.98 Å². The molecule has 0 unspecified atom stereocenters. The Morgan fingerprint density at radius 3 is 2.21 bits per heavy atom. The summed E-state index contributed by atoms with van der Waals surface area (Å²) in [6.45, 7) is 1.72. The first-order valence-corrected chi connectivity index (χ1v) is 5.51. The highest BCUT2D eigenvalue weighted by atomic mass is 35.5. The number of benzene rings is 1. The Hall–Kier alpha value is -1.82. The number of hydrogen-bond acceptors (Lipinski definition) is 2. The number of rotatable bonds is 2. The van der Waals surface area contributed by atoms with Crippen molar-refractivity contribution >= 4 is 23.0 Å². The van der Waals surface area contributed by atoms with E-state index in [-0.39, 0.29) is 10.7 Å². The molecule has 0 saturated heterocycles. The van der Waals surface area contributed by atoms with Gasteiger partial charge in [0.2, 0.25) is 11.6 Å². The second-order valence-electron chi connectivity index (χ2n) is 3.80. The Kier molecular flexibility index (Phi) is 3.61. The van der Waals surface area contributed by atoms with Crippen LogP contribution in [0.1, 0.15) is 5.56 Å². The molecule has 0 aliphatic carbocycles. The third kappa shape index (κ3) is 2.63. The number of halogens is 5. The van der Waals surface area contributed by atoms with Crippen molar-refractivity contribution < 1.29 is 17.6 Å². The molecule has 100 valence electrons. The van der Waals surface area contributed by atoms with Crippen LogP contribution < -0.4 is 5.32 Å². The van der Waals surface area contributed by atoms with Crippen molar-refractivity contribution in [2.75, 3.05) is 5.32 Å². The third-order valence-electron chi connectivity index (χ3n) is 2.38. The van der Waals surface area contributed by atoms with E-state index < -0.39 is 29.2 Å². The maximum Gasteiger partial charge on any atom is 0.253 e. The average molecular weight is 291 g/mol. The van der Waals surface area contributed by atoms with E-state index in [2.05, 4.69) is 10.3 Å². The van der Waals surface area contributed by atoms with Crippen molar-refractivity contribution in [1.29, 1.82) is 0 Å². The van der Waals surface area contributed by atoms with Crippen LogP contribution in [0.25, 0.3) is 0 Å². The second kappa shape index (κ2) is 5.05. The molecule has 0 spiro atoms. The fraction of sp³-hybridized carbons (Fsp3) is 0.0833. The number of nitrogens with one attached hydrogen (secondary N) is 1. The first-order valence-electron chi connectivity index (χ1n) is 5.13. The molecule has 1 heterocycles. The normalized spacial score (nSPS) is 10.6. The van der Waals surface area contributed by atoms with Crippen molar-refractivity contribution in [2.24, 2.45) is 0 Å². The van der Waals surface area contributed by atoms with Gasteiger partial charge < -0.3 is 5.32 Å². The van der Waals surface area contributed by atoms with Gasteiger partial charge >= 0.3 is 0 Å². The highest BCUT2D eigenvalue weighted by Gasteiger charge is 2.21. The number of pyridine rings is 1. The summed E-state index contributed by atoms with van der Waals surface area (Å²) >= 11 is 5.82. The van der Waals surface area contributed by atoms with Crippen molar-refractivity contribution in [2.45, 2.75) is 6.92 Å². The summed E-state index contributed by atoms with van der Waals surface area (Å²) in [5, 5.41) is 2.38. The maximum absolute atomic E-state index is 13.4. The summed E-state index contributed by atoms with van der Waals surface area (Å²) in [6, 6.07) is 4.65. The van der Waals surface area contributed by atoms with Gasteiger partial charge in [0.15, 0.2) is 0 Å². The van der Waals surface area contributed by atoms with Gasteiger partial charge in [-0.1, -0.05) is 17.7 Å². The topological polar surface area (TPSA) is 24.9 Å². The SMILES string of the molecule is Cc1ccc(Cl)c(Nc2c(F)c(F)nc(F)c2F)c1. The second-order valence-corrected chi connectivity index (χ2v) is 4.21. The Morgan fingerprint density at radius 1 is 1.05 bits per heavy atom. The van der Waals surface area contributed by atoms with Crippen LogP contribution >= 0.6 is 11.6 Å². The van der Waals surface area contributed by atoms with Crippen LogP contribution in [0.2, 0.25) is 5.02 Å². The lowest BCUT2D eigenvalue weighted by Crippen LogP contribution is -2.06. The molecule has 2 aromatic rings. The van der Waals surface area contributed by atoms with E-state index in [1.807, 2.05) is 0 Å². The molecule has 0 aliphatic heterocycles. The van der Waals surface area contributed by atoms with Gasteiger partial charge in [0.25, 0.3) is 11.9 Å². The summed E-state index contributed by atoms with van der Waals surface area (Å²) in [6.07, 6.45) is 0. The molecule has 1 aromatic heterocycles. The Balaban J connectivity index is 2.52. The number of aryl methyl sites for hydroxylation is 1. The fourth-order valence-electron chi connectivity index (χ4n) is 1.47. The first kappa shape index (κ1) is 13.6. The molecule has 19 heavy (non-hydrogen) atoms. The zero-order valence-electron chi connectivity index (χ0n) is 9.57. The van der Waals surface area contributed by atoms with Gasteiger partial charge in [-0.05, 0) is 24.6 Å². The largest absolute Gasteiger partial charge is 0.349 e. The van der Waals surface area contributed by atoms with E-state index in [1.54, 1.807) is 13.0 Å². The monoisotopic (exact) mass is 290 g/mol. The molecule has 2 rings (SSSR count). The molecule has 1 N–H and O–H groups in total. The van der Waals surface area contributed by atoms with Gasteiger partial charge in [-0.15, -0.1) is 0 Å². The molecule has 1 aromatic carbocycles. The summed E-state index contributed by atoms with van der Waals surface area (Å²) in [4.78, 5) is 2.46. The van der Waals surface area contributed by atoms with Gasteiger partial charge in [-0.25, -0.2) is 0 Å². The van der Waals surface area contributed by atoms with Gasteiger partial charge in [0, 0.05) is 0 Å². The molecule has 0 radical (unpaired) electrons. The fourth-order valence-corrected chi connectivity index (χ4v) is 1.63. The van der Waals surface area contributed by atoms with Crippen LogP contribution in [0.3, 0.4) is 0 Å². The number of aromatic nitrogens is 1. The highest BCUT2D eigenvalue weighted by Crippen LogP contribution is 2.30. The first-order chi connectivity index (χ1) is 8.90. The van der Waals surface area contributed by atoms with Gasteiger partial charge in [-0.2, -0.15) is 22.5 Å². The molecule has 0 bridgehead atoms. The van der Waals surface area contributed by atoms with Crippen molar-refractivity contribution in [3.05, 3.63) is 52.3 Å². The van der Waals surface area contributed by atoms with Crippen LogP contribution in [0.5, 0.6) is 0 Å². The summed E-state index contributed by atoms with van der Waals surface area (Å²) in [5.41, 5.74) is -0.0929. The van der Waals surface area contributed by atoms with E-state index in [9.17, 15) is 17.6 Å². The van der Waals surface area contributed by atoms with Crippen LogP contribution in [-0.4, -0.2) is 4.98 Å². The lowest BCUT2D eigenvalue weighted by atomic mass is 10.2. The smallest absolute Gasteiger partial charge is 0.253 e. The maximum atomic E-state index is 13.4. The minimum atomic E-state index is -1.73. The van der Waals surface area contributed by atoms with Gasteiger partial charge in [0.1, 0.15) is 5.69 Å². The number of hydrogen-bond donors (Lipinski definition) is 1. The van der Waals surface area contributed by atoms with Crippen LogP contribution in [0, 0.1) is 30.5 Å². The van der Waals surface area contributed by atoms with Gasteiger partial charge in [0.05, 0.1) is 10.7 Å². The quantitative estimate of drug-likeness (QED) is 0.657. The molecule has 0 fully saturated rings. The molecule has 0 aliphatic rings. The van der Waals surface area contributed by atoms with E-state index >= 15 is 0 Å². The van der Waals surface area contributed by atoms with E-state index in [1.165, 1.54) is 12.1 Å². The minimum absolute atomic E-state index is 0.129. The van der Waals surface area contributed by atoms with Crippen molar-refractivity contribution in [3.8, 4) is 0 Å². The number of anilines is 2. The summed E-state index contributed by atoms with van der Waals surface area (Å²) < 4.78 is 52.7. The van der Waals surface area contributed by atoms with Crippen LogP contribution in [0.15, 0.2) is 18.2 Å². The number of nitrogens with zero attached hydrogens (tertiary/aromatic N) is 1. The average Bonchev–Trinajstić information content (AvgIpc) is 2.36.